The first-order valence-electron chi connectivity index (χ1n) is 9.58. The molecule has 0 spiro atoms. The third kappa shape index (κ3) is 6.37. The molecule has 1 atom stereocenters. The molecular weight excluding hydrogens is 474 g/mol. The number of benzene rings is 1. The number of nitrogens with one attached hydrogen (secondary N) is 1. The largest absolute Gasteiger partial charge is 0.444 e. The van der Waals surface area contributed by atoms with Crippen molar-refractivity contribution >= 4 is 42.8 Å². The molecule has 166 valence electrons. The fraction of sp³-hybridized carbons (Fsp3) is 0.500. The maximum atomic E-state index is 12.9. The van der Waals surface area contributed by atoms with Crippen LogP contribution in [0.25, 0.3) is 10.8 Å². The third-order valence-electron chi connectivity index (χ3n) is 4.34. The highest BCUT2D eigenvalue weighted by Crippen LogP contribution is 2.29. The summed E-state index contributed by atoms with van der Waals surface area (Å²) < 4.78 is 34.5. The van der Waals surface area contributed by atoms with E-state index in [0.29, 0.717) is 21.7 Å². The number of ether oxygens (including phenoxy) is 1. The van der Waals surface area contributed by atoms with Gasteiger partial charge in [-0.05, 0) is 56.1 Å². The molecule has 8 nitrogen and oxygen atoms in total. The average molecular weight is 502 g/mol. The van der Waals surface area contributed by atoms with E-state index < -0.39 is 21.7 Å². The summed E-state index contributed by atoms with van der Waals surface area (Å²) in [5.41, 5.74) is -0.683. The molecule has 0 saturated heterocycles. The van der Waals surface area contributed by atoms with Gasteiger partial charge in [-0.1, -0.05) is 12.1 Å². The van der Waals surface area contributed by atoms with Crippen LogP contribution in [0.15, 0.2) is 40.0 Å². The highest BCUT2D eigenvalue weighted by Gasteiger charge is 2.26. The van der Waals surface area contributed by atoms with E-state index in [2.05, 4.69) is 25.6 Å². The number of pyridine rings is 1. The fourth-order valence-electron chi connectivity index (χ4n) is 2.92. The number of carbonyl (C=O) groups is 1. The molecule has 30 heavy (non-hydrogen) atoms. The number of aromatic nitrogens is 1. The van der Waals surface area contributed by atoms with E-state index in [1.54, 1.807) is 52.2 Å². The SMILES string of the molecule is CC(CCO)N(CCNS(=O)(=O)c1cccc2cncc(Br)c12)C(=O)OC(C)(C)C. The van der Waals surface area contributed by atoms with Gasteiger partial charge in [0.2, 0.25) is 10.0 Å². The Morgan fingerprint density at radius 2 is 2.03 bits per heavy atom. The minimum absolute atomic E-state index is 0.00354. The molecule has 1 aromatic carbocycles. The molecule has 1 aromatic heterocycles. The lowest BCUT2D eigenvalue weighted by Gasteiger charge is -2.31. The van der Waals surface area contributed by atoms with Gasteiger partial charge < -0.3 is 14.7 Å². The molecule has 1 heterocycles. The Morgan fingerprint density at radius 1 is 1.33 bits per heavy atom. The number of aliphatic hydroxyl groups is 1. The number of amides is 1. The smallest absolute Gasteiger partial charge is 0.410 e. The van der Waals surface area contributed by atoms with Crippen LogP contribution in [0.1, 0.15) is 34.1 Å². The van der Waals surface area contributed by atoms with Crippen molar-refractivity contribution in [2.24, 2.45) is 0 Å². The van der Waals surface area contributed by atoms with E-state index in [4.69, 9.17) is 4.74 Å². The second-order valence-corrected chi connectivity index (χ2v) is 10.5. The van der Waals surface area contributed by atoms with E-state index in [1.807, 2.05) is 0 Å². The lowest BCUT2D eigenvalue weighted by Crippen LogP contribution is -2.46. The predicted molar refractivity (Wildman–Crippen MR) is 119 cm³/mol. The maximum absolute atomic E-state index is 12.9. The summed E-state index contributed by atoms with van der Waals surface area (Å²) in [4.78, 5) is 18.2. The zero-order valence-electron chi connectivity index (χ0n) is 17.6. The number of halogens is 1. The average Bonchev–Trinajstić information content (AvgIpc) is 2.63. The van der Waals surface area contributed by atoms with Gasteiger partial charge in [-0.25, -0.2) is 17.9 Å². The van der Waals surface area contributed by atoms with Gasteiger partial charge in [-0.2, -0.15) is 0 Å². The number of carbonyl (C=O) groups excluding carboxylic acids is 1. The number of aliphatic hydroxyl groups excluding tert-OH is 1. The lowest BCUT2D eigenvalue weighted by molar-refractivity contribution is 0.0160. The van der Waals surface area contributed by atoms with Gasteiger partial charge in [-0.3, -0.25) is 4.98 Å². The van der Waals surface area contributed by atoms with Crippen molar-refractivity contribution < 1.29 is 23.1 Å². The van der Waals surface area contributed by atoms with Gasteiger partial charge in [0, 0.05) is 53.4 Å². The summed E-state index contributed by atoms with van der Waals surface area (Å²) in [7, 11) is -3.84. The van der Waals surface area contributed by atoms with Crippen LogP contribution in [0.2, 0.25) is 0 Å². The van der Waals surface area contributed by atoms with E-state index in [1.165, 1.54) is 11.0 Å². The molecule has 0 radical (unpaired) electrons. The summed E-state index contributed by atoms with van der Waals surface area (Å²) in [6.45, 7) is 7.06. The number of sulfonamides is 1. The first-order valence-corrected chi connectivity index (χ1v) is 11.9. The molecular formula is C20H28BrN3O5S. The predicted octanol–water partition coefficient (Wildman–Crippen LogP) is 3.28. The molecule has 0 aliphatic heterocycles. The van der Waals surface area contributed by atoms with Crippen molar-refractivity contribution in [3.8, 4) is 0 Å². The van der Waals surface area contributed by atoms with Gasteiger partial charge in [0.05, 0.1) is 4.90 Å². The van der Waals surface area contributed by atoms with E-state index in [0.717, 1.165) is 0 Å². The topological polar surface area (TPSA) is 109 Å². The van der Waals surface area contributed by atoms with E-state index in [-0.39, 0.29) is 30.6 Å². The minimum atomic E-state index is -3.84. The van der Waals surface area contributed by atoms with Gasteiger partial charge in [0.15, 0.2) is 0 Å². The summed E-state index contributed by atoms with van der Waals surface area (Å²) in [6, 6.07) is 4.65. The monoisotopic (exact) mass is 501 g/mol. The number of fused-ring (bicyclic) bond motifs is 1. The van der Waals surface area contributed by atoms with Crippen molar-refractivity contribution in [2.75, 3.05) is 19.7 Å². The Morgan fingerprint density at radius 3 is 2.67 bits per heavy atom. The molecule has 2 N–H and O–H groups in total. The van der Waals surface area contributed by atoms with Crippen molar-refractivity contribution in [3.05, 3.63) is 35.1 Å². The van der Waals surface area contributed by atoms with Crippen LogP contribution in [0.3, 0.4) is 0 Å². The Labute approximate surface area is 185 Å². The molecule has 0 bridgehead atoms. The quantitative estimate of drug-likeness (QED) is 0.574. The molecule has 10 heteroatoms. The van der Waals surface area contributed by atoms with Crippen molar-refractivity contribution in [1.29, 1.82) is 0 Å². The Balaban J connectivity index is 2.18. The Hall–Kier alpha value is -1.75. The van der Waals surface area contributed by atoms with Crippen LogP contribution in [-0.2, 0) is 14.8 Å². The third-order valence-corrected chi connectivity index (χ3v) is 6.44. The Kier molecular flexibility index (Phi) is 8.20. The summed E-state index contributed by atoms with van der Waals surface area (Å²) in [6.07, 6.45) is 2.94. The zero-order valence-corrected chi connectivity index (χ0v) is 20.0. The second-order valence-electron chi connectivity index (χ2n) is 7.91. The number of rotatable bonds is 8. The number of hydrogen-bond donors (Lipinski definition) is 2. The van der Waals surface area contributed by atoms with Crippen LogP contribution >= 0.6 is 15.9 Å². The summed E-state index contributed by atoms with van der Waals surface area (Å²) >= 11 is 3.37. The van der Waals surface area contributed by atoms with E-state index in [9.17, 15) is 18.3 Å². The first-order chi connectivity index (χ1) is 14.0. The van der Waals surface area contributed by atoms with Gasteiger partial charge >= 0.3 is 6.09 Å². The van der Waals surface area contributed by atoms with Crippen molar-refractivity contribution in [2.45, 2.75) is 50.7 Å². The fourth-order valence-corrected chi connectivity index (χ4v) is 4.88. The highest BCUT2D eigenvalue weighted by atomic mass is 79.9. The Bertz CT molecular complexity index is 986. The first kappa shape index (κ1) is 24.5. The van der Waals surface area contributed by atoms with Crippen LogP contribution in [0.5, 0.6) is 0 Å². The molecule has 2 aromatic rings. The number of nitrogens with zero attached hydrogens (tertiary/aromatic N) is 2. The minimum Gasteiger partial charge on any atom is -0.444 e. The molecule has 0 saturated carbocycles. The van der Waals surface area contributed by atoms with Crippen LogP contribution < -0.4 is 4.72 Å². The lowest BCUT2D eigenvalue weighted by atomic mass is 10.2. The van der Waals surface area contributed by atoms with Gasteiger partial charge in [0.25, 0.3) is 0 Å². The zero-order chi connectivity index (χ0) is 22.5. The maximum Gasteiger partial charge on any atom is 0.410 e. The normalized spacial score (nSPS) is 13.3. The van der Waals surface area contributed by atoms with Crippen LogP contribution in [-0.4, -0.2) is 60.8 Å². The molecule has 1 unspecified atom stereocenters. The molecule has 2 rings (SSSR count). The van der Waals surface area contributed by atoms with Crippen LogP contribution in [0, 0.1) is 0 Å². The van der Waals surface area contributed by atoms with Crippen molar-refractivity contribution in [3.63, 3.8) is 0 Å². The molecule has 0 aliphatic rings. The van der Waals surface area contributed by atoms with Crippen molar-refractivity contribution in [1.82, 2.24) is 14.6 Å². The summed E-state index contributed by atoms with van der Waals surface area (Å²) in [5, 5.41) is 10.5. The standard InChI is InChI=1S/C20H28BrN3O5S/c1-14(8-11-25)24(19(26)29-20(2,3)4)10-9-23-30(27,28)17-7-5-6-15-12-22-13-16(21)18(15)17/h5-7,12-14,23,25H,8-11H2,1-4H3. The molecule has 0 aliphatic carbocycles. The number of hydrogen-bond acceptors (Lipinski definition) is 6. The van der Waals surface area contributed by atoms with Gasteiger partial charge in [0.1, 0.15) is 5.60 Å². The summed E-state index contributed by atoms with van der Waals surface area (Å²) in [5.74, 6) is 0. The van der Waals surface area contributed by atoms with Crippen LogP contribution in [0.4, 0.5) is 4.79 Å². The van der Waals surface area contributed by atoms with E-state index >= 15 is 0 Å². The highest BCUT2D eigenvalue weighted by molar-refractivity contribution is 9.10. The molecule has 1 amide bonds. The second kappa shape index (κ2) is 10.0. The molecule has 0 fully saturated rings. The van der Waals surface area contributed by atoms with Gasteiger partial charge in [-0.15, -0.1) is 0 Å².